The van der Waals surface area contributed by atoms with Crippen molar-refractivity contribution in [3.8, 4) is 5.69 Å². The minimum Gasteiger partial charge on any atom is -0.296 e. The van der Waals surface area contributed by atoms with Crippen molar-refractivity contribution in [1.29, 1.82) is 0 Å². The molecule has 0 aliphatic carbocycles. The lowest BCUT2D eigenvalue weighted by Crippen LogP contribution is -2.26. The average Bonchev–Trinajstić information content (AvgIpc) is 2.63. The number of fused-ring (bicyclic) bond motifs is 3. The Balaban J connectivity index is 2.23. The van der Waals surface area contributed by atoms with E-state index in [1.165, 1.54) is 0 Å². The van der Waals surface area contributed by atoms with Crippen LogP contribution in [0.3, 0.4) is 0 Å². The van der Waals surface area contributed by atoms with Crippen molar-refractivity contribution in [2.45, 2.75) is 38.0 Å². The second kappa shape index (κ2) is 5.11. The SMILES string of the molecule is Cc1c2n(c(=O)n1CC(C)C)-c1ccc(Br)cc1SC2. The first-order chi connectivity index (χ1) is 9.49. The highest BCUT2D eigenvalue weighted by molar-refractivity contribution is 9.10. The predicted octanol–water partition coefficient (Wildman–Crippen LogP) is 3.97. The number of aromatic nitrogens is 2. The lowest BCUT2D eigenvalue weighted by Gasteiger charge is -2.18. The van der Waals surface area contributed by atoms with Crippen LogP contribution in [0.15, 0.2) is 32.4 Å². The molecule has 20 heavy (non-hydrogen) atoms. The van der Waals surface area contributed by atoms with Crippen molar-refractivity contribution >= 4 is 27.7 Å². The van der Waals surface area contributed by atoms with Crippen LogP contribution in [0.2, 0.25) is 0 Å². The maximum Gasteiger partial charge on any atom is 0.333 e. The van der Waals surface area contributed by atoms with E-state index in [-0.39, 0.29) is 5.69 Å². The van der Waals surface area contributed by atoms with Gasteiger partial charge in [0.25, 0.3) is 0 Å². The summed E-state index contributed by atoms with van der Waals surface area (Å²) in [4.78, 5) is 13.9. The summed E-state index contributed by atoms with van der Waals surface area (Å²) in [5.41, 5.74) is 3.34. The second-order valence-electron chi connectivity index (χ2n) is 5.56. The van der Waals surface area contributed by atoms with Gasteiger partial charge in [-0.1, -0.05) is 29.8 Å². The number of rotatable bonds is 2. The highest BCUT2D eigenvalue weighted by Gasteiger charge is 2.24. The van der Waals surface area contributed by atoms with Crippen molar-refractivity contribution in [2.75, 3.05) is 0 Å². The van der Waals surface area contributed by atoms with Crippen LogP contribution in [0, 0.1) is 12.8 Å². The standard InChI is InChI=1S/C15H17BrN2OS/c1-9(2)7-17-10(3)13-8-20-14-6-11(16)4-5-12(14)18(13)15(17)19/h4-6,9H,7-8H2,1-3H3. The van der Waals surface area contributed by atoms with Gasteiger partial charge in [0, 0.05) is 27.4 Å². The number of halogens is 1. The third kappa shape index (κ3) is 2.17. The van der Waals surface area contributed by atoms with Crippen LogP contribution in [0.1, 0.15) is 25.2 Å². The number of hydrogen-bond donors (Lipinski definition) is 0. The molecule has 1 aromatic carbocycles. The van der Waals surface area contributed by atoms with Gasteiger partial charge in [-0.05, 0) is 31.0 Å². The van der Waals surface area contributed by atoms with Crippen LogP contribution >= 0.6 is 27.7 Å². The minimum atomic E-state index is 0.0927. The van der Waals surface area contributed by atoms with E-state index in [1.54, 1.807) is 11.8 Å². The Bertz CT molecular complexity index is 730. The number of nitrogens with zero attached hydrogens (tertiary/aromatic N) is 2. The molecular weight excluding hydrogens is 336 g/mol. The number of hydrogen-bond acceptors (Lipinski definition) is 2. The molecule has 1 aromatic heterocycles. The van der Waals surface area contributed by atoms with E-state index in [9.17, 15) is 4.79 Å². The van der Waals surface area contributed by atoms with Gasteiger partial charge in [0.05, 0.1) is 11.4 Å². The van der Waals surface area contributed by atoms with Crippen LogP contribution in [-0.4, -0.2) is 9.13 Å². The number of imidazole rings is 1. The molecule has 0 bridgehead atoms. The first kappa shape index (κ1) is 14.0. The summed E-state index contributed by atoms with van der Waals surface area (Å²) in [5.74, 6) is 1.32. The van der Waals surface area contributed by atoms with Crippen LogP contribution in [-0.2, 0) is 12.3 Å². The summed E-state index contributed by atoms with van der Waals surface area (Å²) in [6.45, 7) is 7.12. The van der Waals surface area contributed by atoms with Gasteiger partial charge >= 0.3 is 5.69 Å². The monoisotopic (exact) mass is 352 g/mol. The van der Waals surface area contributed by atoms with Crippen LogP contribution in [0.25, 0.3) is 5.69 Å². The maximum atomic E-state index is 12.7. The summed E-state index contributed by atoms with van der Waals surface area (Å²) in [7, 11) is 0. The topological polar surface area (TPSA) is 26.9 Å². The van der Waals surface area contributed by atoms with E-state index in [4.69, 9.17) is 0 Å². The van der Waals surface area contributed by atoms with E-state index in [1.807, 2.05) is 21.3 Å². The lowest BCUT2D eigenvalue weighted by atomic mass is 10.2. The Labute approximate surface area is 131 Å². The summed E-state index contributed by atoms with van der Waals surface area (Å²) < 4.78 is 4.85. The molecular formula is C15H17BrN2OS. The normalized spacial score (nSPS) is 13.4. The van der Waals surface area contributed by atoms with E-state index in [0.29, 0.717) is 5.92 Å². The molecule has 0 saturated carbocycles. The molecule has 0 radical (unpaired) electrons. The van der Waals surface area contributed by atoms with Crippen molar-refractivity contribution in [3.63, 3.8) is 0 Å². The zero-order valence-corrected chi connectivity index (χ0v) is 14.2. The van der Waals surface area contributed by atoms with E-state index >= 15 is 0 Å². The lowest BCUT2D eigenvalue weighted by molar-refractivity contribution is 0.501. The Morgan fingerprint density at radius 1 is 1.40 bits per heavy atom. The first-order valence-corrected chi connectivity index (χ1v) is 8.50. The molecule has 0 N–H and O–H groups in total. The summed E-state index contributed by atoms with van der Waals surface area (Å²) in [6.07, 6.45) is 0. The molecule has 0 spiro atoms. The molecule has 106 valence electrons. The molecule has 1 aliphatic rings. The predicted molar refractivity (Wildman–Crippen MR) is 86.9 cm³/mol. The zero-order chi connectivity index (χ0) is 14.4. The van der Waals surface area contributed by atoms with Gasteiger partial charge in [-0.3, -0.25) is 9.13 Å². The third-order valence-corrected chi connectivity index (χ3v) is 5.14. The Kier molecular flexibility index (Phi) is 3.58. The van der Waals surface area contributed by atoms with Crippen molar-refractivity contribution in [1.82, 2.24) is 9.13 Å². The van der Waals surface area contributed by atoms with Gasteiger partial charge in [-0.2, -0.15) is 0 Å². The molecule has 3 nitrogen and oxygen atoms in total. The van der Waals surface area contributed by atoms with Gasteiger partial charge in [0.2, 0.25) is 0 Å². The van der Waals surface area contributed by atoms with E-state index < -0.39 is 0 Å². The highest BCUT2D eigenvalue weighted by atomic mass is 79.9. The smallest absolute Gasteiger partial charge is 0.296 e. The first-order valence-electron chi connectivity index (χ1n) is 6.72. The molecule has 0 unspecified atom stereocenters. The summed E-state index contributed by atoms with van der Waals surface area (Å²) in [5, 5.41) is 0. The Morgan fingerprint density at radius 2 is 2.15 bits per heavy atom. The van der Waals surface area contributed by atoms with Crippen molar-refractivity contribution < 1.29 is 0 Å². The summed E-state index contributed by atoms with van der Waals surface area (Å²) in [6, 6.07) is 6.11. The molecule has 5 heteroatoms. The number of benzene rings is 1. The highest BCUT2D eigenvalue weighted by Crippen LogP contribution is 2.37. The third-order valence-electron chi connectivity index (χ3n) is 3.59. The van der Waals surface area contributed by atoms with Crippen molar-refractivity contribution in [2.24, 2.45) is 5.92 Å². The van der Waals surface area contributed by atoms with E-state index in [0.717, 1.165) is 38.7 Å². The second-order valence-corrected chi connectivity index (χ2v) is 7.49. The van der Waals surface area contributed by atoms with Gasteiger partial charge in [-0.15, -0.1) is 11.8 Å². The fourth-order valence-electron chi connectivity index (χ4n) is 2.63. The van der Waals surface area contributed by atoms with Gasteiger partial charge < -0.3 is 0 Å². The van der Waals surface area contributed by atoms with Crippen LogP contribution in [0.5, 0.6) is 0 Å². The molecule has 0 amide bonds. The largest absolute Gasteiger partial charge is 0.333 e. The summed E-state index contributed by atoms with van der Waals surface area (Å²) >= 11 is 5.29. The Morgan fingerprint density at radius 3 is 2.85 bits per heavy atom. The van der Waals surface area contributed by atoms with Gasteiger partial charge in [0.15, 0.2) is 0 Å². The average molecular weight is 353 g/mol. The minimum absolute atomic E-state index is 0.0927. The molecule has 0 atom stereocenters. The van der Waals surface area contributed by atoms with Gasteiger partial charge in [-0.25, -0.2) is 4.79 Å². The zero-order valence-electron chi connectivity index (χ0n) is 11.8. The molecule has 1 aliphatic heterocycles. The molecule has 2 heterocycles. The molecule has 0 fully saturated rings. The van der Waals surface area contributed by atoms with E-state index in [2.05, 4.69) is 42.8 Å². The number of thioether (sulfide) groups is 1. The fourth-order valence-corrected chi connectivity index (χ4v) is 4.29. The fraction of sp³-hybridized carbons (Fsp3) is 0.400. The van der Waals surface area contributed by atoms with Crippen LogP contribution in [0.4, 0.5) is 0 Å². The molecule has 0 saturated heterocycles. The molecule has 2 aromatic rings. The maximum absolute atomic E-state index is 12.7. The van der Waals surface area contributed by atoms with Gasteiger partial charge in [0.1, 0.15) is 0 Å². The molecule has 3 rings (SSSR count). The van der Waals surface area contributed by atoms with Crippen molar-refractivity contribution in [3.05, 3.63) is 44.5 Å². The Hall–Kier alpha value is -0.940. The van der Waals surface area contributed by atoms with Crippen LogP contribution < -0.4 is 5.69 Å². The quantitative estimate of drug-likeness (QED) is 0.817.